The lowest BCUT2D eigenvalue weighted by molar-refractivity contribution is -0.234. The quantitative estimate of drug-likeness (QED) is 0.0153. The van der Waals surface area contributed by atoms with E-state index in [1.54, 1.807) is 0 Å². The van der Waals surface area contributed by atoms with E-state index >= 15 is 0 Å². The van der Waals surface area contributed by atoms with Crippen molar-refractivity contribution in [2.45, 2.75) is 0 Å². The van der Waals surface area contributed by atoms with Crippen LogP contribution in [-0.4, -0.2) is 223 Å². The van der Waals surface area contributed by atoms with Crippen LogP contribution in [0.25, 0.3) is 0 Å². The zero-order valence-corrected chi connectivity index (χ0v) is 65.1. The van der Waals surface area contributed by atoms with Crippen LogP contribution in [0.3, 0.4) is 0 Å². The summed E-state index contributed by atoms with van der Waals surface area (Å²) in [7, 11) is -46.3. The molecule has 11 N–H and O–H groups in total. The van der Waals surface area contributed by atoms with Gasteiger partial charge in [0.1, 0.15) is 0 Å². The van der Waals surface area contributed by atoms with Crippen LogP contribution in [0.15, 0.2) is 0 Å². The topological polar surface area (TPSA) is 716 Å². The predicted molar refractivity (Wildman–Crippen MR) is 325 cm³/mol. The first kappa shape index (κ1) is 104. The second-order valence-corrected chi connectivity index (χ2v) is 35.4. The smallest absolute Gasteiger partial charge is 0.267 e. The zero-order valence-electron chi connectivity index (χ0n) is 56.2. The normalized spacial score (nSPS) is 20.9. The van der Waals surface area contributed by atoms with Gasteiger partial charge < -0.3 is 167 Å². The van der Waals surface area contributed by atoms with Gasteiger partial charge in [-0.3, -0.25) is 45.7 Å². The van der Waals surface area contributed by atoms with Gasteiger partial charge in [-0.1, -0.05) is 0 Å². The molecule has 0 rings (SSSR count). The minimum Gasteiger partial charge on any atom is -0.756 e. The minimum atomic E-state index is -5.43. The Kier molecular flexibility index (Phi) is 54.5. The number of phosphoric acid groups is 10. The molecule has 0 spiro atoms. The summed E-state index contributed by atoms with van der Waals surface area (Å²) in [4.78, 5) is 140. The summed E-state index contributed by atoms with van der Waals surface area (Å²) in [5, 5.41) is 13.0. The van der Waals surface area contributed by atoms with Crippen molar-refractivity contribution < 1.29 is 204 Å². The van der Waals surface area contributed by atoms with E-state index in [9.17, 15) is 113 Å². The Morgan fingerprint density at radius 2 is 0.317 bits per heavy atom. The molecule has 0 aromatic carbocycles. The van der Waals surface area contributed by atoms with E-state index in [4.69, 9.17) is 64.1 Å². The van der Waals surface area contributed by atoms with Crippen molar-refractivity contribution in [3.8, 4) is 0 Å². The molecular formula is C41H89F4N9O40P10-10. The van der Waals surface area contributed by atoms with Gasteiger partial charge in [0.25, 0.3) is 78.2 Å². The van der Waals surface area contributed by atoms with Crippen LogP contribution in [0.1, 0.15) is 0 Å². The van der Waals surface area contributed by atoms with E-state index in [1.165, 1.54) is 46.3 Å². The van der Waals surface area contributed by atoms with E-state index in [1.807, 2.05) is 0 Å². The fourth-order valence-corrected chi connectivity index (χ4v) is 14.9. The minimum absolute atomic E-state index is 0.0652. The molecule has 0 radical (unpaired) electrons. The van der Waals surface area contributed by atoms with Crippen molar-refractivity contribution in [3.63, 3.8) is 0 Å². The molecule has 0 bridgehead atoms. The van der Waals surface area contributed by atoms with Crippen molar-refractivity contribution in [1.82, 2.24) is 48.7 Å². The Hall–Kier alpha value is 0.460. The Morgan fingerprint density at radius 3 is 0.404 bits per heavy atom. The highest BCUT2D eigenvalue weighted by Gasteiger charge is 2.29. The van der Waals surface area contributed by atoms with Crippen LogP contribution in [0.4, 0.5) is 17.9 Å². The first-order valence-corrected chi connectivity index (χ1v) is 44.7. The summed E-state index contributed by atoms with van der Waals surface area (Å²) in [5.74, 6) is -11.1. The molecule has 0 amide bonds. The van der Waals surface area contributed by atoms with Gasteiger partial charge in [0.2, 0.25) is 0 Å². The fourth-order valence-electron chi connectivity index (χ4n) is 7.22. The van der Waals surface area contributed by atoms with Gasteiger partial charge in [-0.15, -0.1) is 17.9 Å². The highest BCUT2D eigenvalue weighted by molar-refractivity contribution is 7.48. The molecule has 0 aliphatic rings. The lowest BCUT2D eigenvalue weighted by Gasteiger charge is -2.31. The van der Waals surface area contributed by atoms with E-state index in [0.29, 0.717) is 0 Å². The van der Waals surface area contributed by atoms with Gasteiger partial charge in [-0.2, -0.15) is 22.2 Å². The molecule has 0 aromatic rings. The van der Waals surface area contributed by atoms with E-state index in [0.717, 1.165) is 11.1 Å². The molecule has 0 aliphatic heterocycles. The molecule has 0 fully saturated rings. The molecule has 0 aliphatic carbocycles. The van der Waals surface area contributed by atoms with Gasteiger partial charge in [-0.05, 0) is 35.2 Å². The maximum Gasteiger partial charge on any atom is 0.267 e. The number of hydrogen-bond donors (Lipinski definition) is 11. The van der Waals surface area contributed by atoms with Crippen molar-refractivity contribution in [2.24, 2.45) is 53.3 Å². The monoisotopic (exact) mass is 1730 g/mol. The molecule has 63 heteroatoms. The van der Waals surface area contributed by atoms with Crippen LogP contribution in [0, 0.1) is 53.3 Å². The van der Waals surface area contributed by atoms with E-state index in [-0.39, 0.29) is 32.7 Å². The van der Waals surface area contributed by atoms with Crippen molar-refractivity contribution in [2.75, 3.05) is 213 Å². The molecule has 626 valence electrons. The van der Waals surface area contributed by atoms with E-state index < -0.39 is 277 Å². The number of hydrogen-bond acceptors (Lipinski definition) is 47. The van der Waals surface area contributed by atoms with Crippen molar-refractivity contribution >= 4 is 78.2 Å². The Labute approximate surface area is 595 Å². The molecule has 0 heterocycles. The van der Waals surface area contributed by atoms with Crippen LogP contribution in [-0.2, 0) is 127 Å². The summed E-state index contributed by atoms with van der Waals surface area (Å²) < 4.78 is 260. The van der Waals surface area contributed by atoms with Crippen LogP contribution in [0.2, 0.25) is 0 Å². The third-order valence-electron chi connectivity index (χ3n) is 12.4. The lowest BCUT2D eigenvalue weighted by atomic mass is 10.2. The van der Waals surface area contributed by atoms with E-state index in [2.05, 4.69) is 53.7 Å². The summed E-state index contributed by atoms with van der Waals surface area (Å²) in [5.41, 5.74) is 4.64. The maximum atomic E-state index is 13.3. The van der Waals surface area contributed by atoms with Gasteiger partial charge in [0, 0.05) is 112 Å². The van der Waals surface area contributed by atoms with Crippen LogP contribution < -0.4 is 97.7 Å². The Morgan fingerprint density at radius 1 is 0.221 bits per heavy atom. The third kappa shape index (κ3) is 57.5. The fraction of sp³-hybridized carbons (Fsp3) is 1.00. The number of rotatable bonds is 72. The molecule has 18 unspecified atom stereocenters. The van der Waals surface area contributed by atoms with Gasteiger partial charge in [0.05, 0.1) is 119 Å². The average molecular weight is 1730 g/mol. The van der Waals surface area contributed by atoms with Crippen molar-refractivity contribution in [3.05, 3.63) is 0 Å². The maximum absolute atomic E-state index is 13.3. The molecular weight excluding hydrogens is 1640 g/mol. The van der Waals surface area contributed by atoms with Gasteiger partial charge in [0.15, 0.2) is 0 Å². The second kappa shape index (κ2) is 54.3. The summed E-state index contributed by atoms with van der Waals surface area (Å²) >= 11 is 0. The molecule has 18 atom stereocenters. The predicted octanol–water partition coefficient (Wildman–Crippen LogP) is -6.51. The molecule has 0 saturated carbocycles. The molecule has 0 aromatic heterocycles. The van der Waals surface area contributed by atoms with Gasteiger partial charge in [-0.25, -0.2) is 0 Å². The Bertz CT molecular complexity index is 2660. The second-order valence-electron chi connectivity index (χ2n) is 21.8. The van der Waals surface area contributed by atoms with Gasteiger partial charge >= 0.3 is 0 Å². The highest BCUT2D eigenvalue weighted by atomic mass is 31.2. The summed E-state index contributed by atoms with van der Waals surface area (Å²) in [6.45, 7) is -19.9. The van der Waals surface area contributed by atoms with Crippen molar-refractivity contribution in [1.29, 1.82) is 0 Å². The molecule has 104 heavy (non-hydrogen) atoms. The SMILES string of the molecule is CNCC(COP(=O)([O-])O)COP(=O)([O-])OCC(CNF)COP(=O)([O-])OCC(CNC)COP(=O)([O-])OCC(CNF)COP(=O)([O-])OCC(CNC)COP(=O)([O-])OCC(CNF)COP(=O)([O-])OCC(CNC)COP(=O)([O-])OCC(CNF)COP(=O)([O-])OCC(CNC)COP(=O)([O-])O. The third-order valence-corrected chi connectivity index (χ3v) is 20.8. The first-order chi connectivity index (χ1) is 48.3. The summed E-state index contributed by atoms with van der Waals surface area (Å²) in [6, 6.07) is 0. The number of halogens is 4. The Balaban J connectivity index is 5.34. The summed E-state index contributed by atoms with van der Waals surface area (Å²) in [6.07, 6.45) is 0. The molecule has 49 nitrogen and oxygen atoms in total. The largest absolute Gasteiger partial charge is 0.756 e. The number of phosphoric ester groups is 10. The van der Waals surface area contributed by atoms with Crippen LogP contribution >= 0.6 is 78.2 Å². The molecule has 0 saturated heterocycles. The average Bonchev–Trinajstić information content (AvgIpc) is 0.893. The first-order valence-electron chi connectivity index (χ1n) is 30.0. The standard InChI is InChI=1S/C41H99F4N9O40P10/c1-46-6-33(15-77-95(55,56)57)17-79-97(61,62)87-25-38(11-51-42)27-89-99(65,66)81-19-35(8-48-3)21-83-101(69,70)91-29-40(13-53-44)31-93-103(73,74)85-23-37(10-50-5)24-86-104(75,76)94-32-41(14-54-45)30-92-102(71,72)84-22-36(9-49-4)20-82-100(67,68)90-28-39(12-52-43)26-88-98(63,64)80-18-34(7-47-2)16-78-96(58,59)60/h33-41,46-54H,6-32H2,1-5H3,(H,61,62)(H,63,64)(H,65,66)(H,67,68)(H,69,70)(H,71,72)(H,73,74)(H,75,76)(H2,55,56,57)(H2,58,59,60)/p-10. The highest BCUT2D eigenvalue weighted by Crippen LogP contribution is 2.47. The van der Waals surface area contributed by atoms with Crippen LogP contribution in [0.5, 0.6) is 0 Å². The number of nitrogens with one attached hydrogen (secondary N) is 9. The zero-order chi connectivity index (χ0) is 79.4. The lowest BCUT2D eigenvalue weighted by Crippen LogP contribution is -2.31.